The molecule has 0 radical (unpaired) electrons. The molecule has 2 rings (SSSR count). The van der Waals surface area contributed by atoms with E-state index >= 15 is 0 Å². The lowest BCUT2D eigenvalue weighted by atomic mass is 9.81. The Morgan fingerprint density at radius 2 is 1.51 bits per heavy atom. The van der Waals surface area contributed by atoms with E-state index in [4.69, 9.17) is 21.1 Å². The van der Waals surface area contributed by atoms with E-state index in [0.717, 1.165) is 11.1 Å². The summed E-state index contributed by atoms with van der Waals surface area (Å²) in [5.74, 6) is -1.44. The molecule has 0 aliphatic rings. The number of amides is 3. The third-order valence-electron chi connectivity index (χ3n) is 6.58. The SMILES string of the molecule is CCOC(=O)[C@@H](CCCNC(=O)OCc1ccccc1)NC(=O)[C@@H](NC(=O)C(C)(C)c1ccc(Cl)cc1)C(C)(C)C. The number of carbonyl (C=O) groups excluding carboxylic acids is 4. The average molecular weight is 588 g/mol. The van der Waals surface area contributed by atoms with Crippen LogP contribution in [-0.2, 0) is 35.9 Å². The van der Waals surface area contributed by atoms with Crippen molar-refractivity contribution in [3.63, 3.8) is 0 Å². The van der Waals surface area contributed by atoms with Gasteiger partial charge in [-0.3, -0.25) is 9.59 Å². The molecular formula is C31H42ClN3O6. The molecule has 0 aliphatic carbocycles. The smallest absolute Gasteiger partial charge is 0.407 e. The van der Waals surface area contributed by atoms with Gasteiger partial charge in [-0.15, -0.1) is 0 Å². The molecule has 0 bridgehead atoms. The fourth-order valence-corrected chi connectivity index (χ4v) is 4.13. The maximum Gasteiger partial charge on any atom is 0.407 e. The zero-order chi connectivity index (χ0) is 30.6. The van der Waals surface area contributed by atoms with Crippen LogP contribution in [0.4, 0.5) is 4.79 Å². The summed E-state index contributed by atoms with van der Waals surface area (Å²) in [6, 6.07) is 14.4. The second-order valence-corrected chi connectivity index (χ2v) is 11.8. The molecule has 0 saturated carbocycles. The standard InChI is InChI=1S/C31H42ClN3O6/c1-7-40-27(37)24(14-11-19-33-29(39)41-20-21-12-9-8-10-13-21)34-26(36)25(30(2,3)4)35-28(38)31(5,6)22-15-17-23(32)18-16-22/h8-10,12-13,15-18,24-25H,7,11,14,19-20H2,1-6H3,(H,33,39)(H,34,36)(H,35,38)/t24-,25-/m1/s1. The van der Waals surface area contributed by atoms with Gasteiger partial charge in [0, 0.05) is 11.6 Å². The monoisotopic (exact) mass is 587 g/mol. The Morgan fingerprint density at radius 1 is 0.878 bits per heavy atom. The Hall–Kier alpha value is -3.59. The minimum Gasteiger partial charge on any atom is -0.464 e. The zero-order valence-corrected chi connectivity index (χ0v) is 25.5. The number of benzene rings is 2. The van der Waals surface area contributed by atoms with Gasteiger partial charge >= 0.3 is 12.1 Å². The van der Waals surface area contributed by atoms with E-state index in [0.29, 0.717) is 11.4 Å². The van der Waals surface area contributed by atoms with Crippen LogP contribution in [-0.4, -0.2) is 49.1 Å². The minimum atomic E-state index is -0.962. The fraction of sp³-hybridized carbons (Fsp3) is 0.484. The third kappa shape index (κ3) is 10.7. The summed E-state index contributed by atoms with van der Waals surface area (Å²) in [5, 5.41) is 8.85. The van der Waals surface area contributed by atoms with Crippen LogP contribution in [0, 0.1) is 5.41 Å². The predicted octanol–water partition coefficient (Wildman–Crippen LogP) is 4.90. The zero-order valence-electron chi connectivity index (χ0n) is 24.7. The van der Waals surface area contributed by atoms with Crippen molar-refractivity contribution in [3.05, 3.63) is 70.7 Å². The van der Waals surface area contributed by atoms with E-state index in [9.17, 15) is 19.2 Å². The molecule has 0 fully saturated rings. The highest BCUT2D eigenvalue weighted by atomic mass is 35.5. The number of nitrogens with one attached hydrogen (secondary N) is 3. The summed E-state index contributed by atoms with van der Waals surface area (Å²) in [6.45, 7) is 11.2. The van der Waals surface area contributed by atoms with Crippen molar-refractivity contribution in [1.29, 1.82) is 0 Å². The highest BCUT2D eigenvalue weighted by Crippen LogP contribution is 2.27. The van der Waals surface area contributed by atoms with Crippen LogP contribution in [0.5, 0.6) is 0 Å². The minimum absolute atomic E-state index is 0.142. The molecule has 0 heterocycles. The topological polar surface area (TPSA) is 123 Å². The van der Waals surface area contributed by atoms with Gasteiger partial charge in [0.05, 0.1) is 12.0 Å². The summed E-state index contributed by atoms with van der Waals surface area (Å²) in [6.07, 6.45) is 0.00898. The normalized spacial score (nSPS) is 13.0. The van der Waals surface area contributed by atoms with Crippen molar-refractivity contribution in [2.75, 3.05) is 13.2 Å². The first kappa shape index (κ1) is 33.6. The molecule has 0 spiro atoms. The van der Waals surface area contributed by atoms with Crippen LogP contribution >= 0.6 is 11.6 Å². The molecule has 3 amide bonds. The van der Waals surface area contributed by atoms with E-state index in [2.05, 4.69) is 16.0 Å². The molecule has 2 aromatic rings. The van der Waals surface area contributed by atoms with E-state index < -0.39 is 40.9 Å². The van der Waals surface area contributed by atoms with Crippen molar-refractivity contribution in [3.8, 4) is 0 Å². The molecule has 2 aromatic carbocycles. The maximum absolute atomic E-state index is 13.5. The summed E-state index contributed by atoms with van der Waals surface area (Å²) >= 11 is 6.00. The van der Waals surface area contributed by atoms with Gasteiger partial charge in [-0.1, -0.05) is 74.8 Å². The largest absolute Gasteiger partial charge is 0.464 e. The molecule has 0 saturated heterocycles. The second-order valence-electron chi connectivity index (χ2n) is 11.3. The van der Waals surface area contributed by atoms with Crippen LogP contribution in [0.2, 0.25) is 5.02 Å². The Bertz CT molecular complexity index is 1160. The van der Waals surface area contributed by atoms with Gasteiger partial charge in [-0.05, 0) is 62.3 Å². The van der Waals surface area contributed by atoms with Crippen molar-refractivity contribution < 1.29 is 28.7 Å². The van der Waals surface area contributed by atoms with Gasteiger partial charge in [0.25, 0.3) is 0 Å². The lowest BCUT2D eigenvalue weighted by Crippen LogP contribution is -2.59. The van der Waals surface area contributed by atoms with E-state index in [1.54, 1.807) is 45.0 Å². The van der Waals surface area contributed by atoms with E-state index in [1.807, 2.05) is 51.1 Å². The van der Waals surface area contributed by atoms with Crippen molar-refractivity contribution in [1.82, 2.24) is 16.0 Å². The number of hydrogen-bond donors (Lipinski definition) is 3. The Labute approximate surface area is 247 Å². The summed E-state index contributed by atoms with van der Waals surface area (Å²) in [5.41, 5.74) is -0.00845. The van der Waals surface area contributed by atoms with Gasteiger partial charge in [-0.2, -0.15) is 0 Å². The van der Waals surface area contributed by atoms with Crippen LogP contribution in [0.1, 0.15) is 65.5 Å². The molecular weight excluding hydrogens is 546 g/mol. The number of ether oxygens (including phenoxy) is 2. The van der Waals surface area contributed by atoms with Crippen LogP contribution < -0.4 is 16.0 Å². The lowest BCUT2D eigenvalue weighted by Gasteiger charge is -2.34. The van der Waals surface area contributed by atoms with Gasteiger partial charge in [0.1, 0.15) is 18.7 Å². The van der Waals surface area contributed by atoms with Gasteiger partial charge < -0.3 is 25.4 Å². The Morgan fingerprint density at radius 3 is 2.10 bits per heavy atom. The van der Waals surface area contributed by atoms with Crippen molar-refractivity contribution >= 4 is 35.5 Å². The predicted molar refractivity (Wildman–Crippen MR) is 158 cm³/mol. The summed E-state index contributed by atoms with van der Waals surface area (Å²) in [7, 11) is 0. The van der Waals surface area contributed by atoms with Crippen molar-refractivity contribution in [2.45, 2.75) is 78.5 Å². The van der Waals surface area contributed by atoms with Gasteiger partial charge in [0.2, 0.25) is 11.8 Å². The summed E-state index contributed by atoms with van der Waals surface area (Å²) in [4.78, 5) is 51.6. The maximum atomic E-state index is 13.5. The molecule has 0 aromatic heterocycles. The highest BCUT2D eigenvalue weighted by Gasteiger charge is 2.39. The molecule has 10 heteroatoms. The van der Waals surface area contributed by atoms with Gasteiger partial charge in [-0.25, -0.2) is 9.59 Å². The molecule has 2 atom stereocenters. The van der Waals surface area contributed by atoms with Crippen LogP contribution in [0.15, 0.2) is 54.6 Å². The van der Waals surface area contributed by atoms with E-state index in [1.165, 1.54) is 0 Å². The Balaban J connectivity index is 2.01. The van der Waals surface area contributed by atoms with Crippen LogP contribution in [0.3, 0.4) is 0 Å². The molecule has 224 valence electrons. The molecule has 41 heavy (non-hydrogen) atoms. The first-order valence-corrected chi connectivity index (χ1v) is 14.1. The molecule has 3 N–H and O–H groups in total. The number of carbonyl (C=O) groups is 4. The fourth-order valence-electron chi connectivity index (χ4n) is 4.00. The van der Waals surface area contributed by atoms with Crippen LogP contribution in [0.25, 0.3) is 0 Å². The summed E-state index contributed by atoms with van der Waals surface area (Å²) < 4.78 is 10.4. The van der Waals surface area contributed by atoms with E-state index in [-0.39, 0.29) is 32.1 Å². The number of esters is 1. The quantitative estimate of drug-likeness (QED) is 0.226. The lowest BCUT2D eigenvalue weighted by molar-refractivity contribution is -0.148. The highest BCUT2D eigenvalue weighted by molar-refractivity contribution is 6.30. The first-order valence-electron chi connectivity index (χ1n) is 13.7. The number of rotatable bonds is 13. The van der Waals surface area contributed by atoms with Gasteiger partial charge in [0.15, 0.2) is 0 Å². The number of hydrogen-bond acceptors (Lipinski definition) is 6. The second kappa shape index (κ2) is 15.4. The number of alkyl carbamates (subject to hydrolysis) is 1. The molecule has 9 nitrogen and oxygen atoms in total. The molecule has 0 aliphatic heterocycles. The average Bonchev–Trinajstić information content (AvgIpc) is 2.92. The first-order chi connectivity index (χ1) is 19.3. The van der Waals surface area contributed by atoms with Crippen molar-refractivity contribution in [2.24, 2.45) is 5.41 Å². The third-order valence-corrected chi connectivity index (χ3v) is 6.83. The number of halogens is 1. The Kier molecular flexibility index (Phi) is 12.6. The molecule has 0 unspecified atom stereocenters.